The van der Waals surface area contributed by atoms with E-state index in [1.807, 2.05) is 16.8 Å². The first-order chi connectivity index (χ1) is 9.72. The Labute approximate surface area is 119 Å². The number of anilines is 1. The zero-order valence-corrected chi connectivity index (χ0v) is 11.2. The molecule has 0 saturated carbocycles. The van der Waals surface area contributed by atoms with Crippen molar-refractivity contribution in [1.82, 2.24) is 9.66 Å². The van der Waals surface area contributed by atoms with Crippen LogP contribution in [-0.4, -0.2) is 15.9 Å². The first-order valence-corrected chi connectivity index (χ1v) is 6.84. The van der Waals surface area contributed by atoms with E-state index in [2.05, 4.69) is 10.1 Å². The lowest BCUT2D eigenvalue weighted by molar-refractivity contribution is 0.628. The molecular weight excluding hydrogens is 275 g/mol. The van der Waals surface area contributed by atoms with Crippen LogP contribution in [0.25, 0.3) is 11.3 Å². The Morgan fingerprint density at radius 3 is 2.75 bits per heavy atom. The molecule has 0 bridgehead atoms. The van der Waals surface area contributed by atoms with Gasteiger partial charge < -0.3 is 5.73 Å². The van der Waals surface area contributed by atoms with E-state index in [0.29, 0.717) is 5.95 Å². The fourth-order valence-electron chi connectivity index (χ4n) is 1.70. The van der Waals surface area contributed by atoms with Gasteiger partial charge >= 0.3 is 0 Å². The maximum atomic E-state index is 12.8. The van der Waals surface area contributed by atoms with Crippen LogP contribution in [0.4, 0.5) is 10.3 Å². The van der Waals surface area contributed by atoms with Crippen LogP contribution in [0.5, 0.6) is 0 Å². The van der Waals surface area contributed by atoms with Gasteiger partial charge in [0.1, 0.15) is 5.82 Å². The Hall–Kier alpha value is -2.47. The molecule has 0 aliphatic carbocycles. The predicted molar refractivity (Wildman–Crippen MR) is 79.3 cm³/mol. The average molecular weight is 286 g/mol. The van der Waals surface area contributed by atoms with Gasteiger partial charge in [-0.25, -0.2) is 14.1 Å². The Morgan fingerprint density at radius 1 is 1.25 bits per heavy atom. The fraction of sp³-hybridized carbons (Fsp3) is 0. The molecule has 0 aliphatic rings. The summed E-state index contributed by atoms with van der Waals surface area (Å²) >= 11 is 1.60. The lowest BCUT2D eigenvalue weighted by Crippen LogP contribution is -1.96. The second-order valence-electron chi connectivity index (χ2n) is 4.14. The number of hydrogen-bond donors (Lipinski definition) is 1. The number of halogens is 1. The molecule has 0 unspecified atom stereocenters. The molecule has 20 heavy (non-hydrogen) atoms. The summed E-state index contributed by atoms with van der Waals surface area (Å²) in [6, 6.07) is 8.03. The van der Waals surface area contributed by atoms with Crippen molar-refractivity contribution in [3.05, 3.63) is 58.7 Å². The third-order valence-corrected chi connectivity index (χ3v) is 3.42. The van der Waals surface area contributed by atoms with Crippen LogP contribution in [0.3, 0.4) is 0 Å². The SMILES string of the molecule is Nc1nc(-c2ccsc2)cn1N=Cc1ccc(F)cc1. The number of benzene rings is 1. The third-order valence-electron chi connectivity index (χ3n) is 2.73. The van der Waals surface area contributed by atoms with Gasteiger partial charge in [0.25, 0.3) is 0 Å². The summed E-state index contributed by atoms with van der Waals surface area (Å²) in [7, 11) is 0. The Kier molecular flexibility index (Phi) is 3.30. The van der Waals surface area contributed by atoms with E-state index in [4.69, 9.17) is 5.73 Å². The molecule has 100 valence electrons. The standard InChI is InChI=1S/C14H11FN4S/c15-12-3-1-10(2-4-12)7-17-19-8-13(18-14(19)16)11-5-6-20-9-11/h1-9H,(H2,16,18). The molecule has 0 atom stereocenters. The van der Waals surface area contributed by atoms with E-state index in [-0.39, 0.29) is 5.82 Å². The highest BCUT2D eigenvalue weighted by molar-refractivity contribution is 7.08. The van der Waals surface area contributed by atoms with Gasteiger partial charge in [-0.1, -0.05) is 12.1 Å². The van der Waals surface area contributed by atoms with E-state index in [1.165, 1.54) is 16.8 Å². The Morgan fingerprint density at radius 2 is 2.05 bits per heavy atom. The van der Waals surface area contributed by atoms with Crippen molar-refractivity contribution in [2.24, 2.45) is 5.10 Å². The molecule has 0 saturated heterocycles. The van der Waals surface area contributed by atoms with Crippen molar-refractivity contribution in [1.29, 1.82) is 0 Å². The molecule has 0 amide bonds. The highest BCUT2D eigenvalue weighted by Gasteiger charge is 2.06. The molecule has 2 heterocycles. The van der Waals surface area contributed by atoms with Crippen LogP contribution in [0, 0.1) is 5.82 Å². The Bertz CT molecular complexity index is 729. The van der Waals surface area contributed by atoms with Crippen molar-refractivity contribution >= 4 is 23.5 Å². The van der Waals surface area contributed by atoms with Crippen molar-refractivity contribution in [3.8, 4) is 11.3 Å². The molecule has 3 aromatic rings. The van der Waals surface area contributed by atoms with Crippen LogP contribution < -0.4 is 5.73 Å². The van der Waals surface area contributed by atoms with Gasteiger partial charge in [-0.15, -0.1) is 0 Å². The second kappa shape index (κ2) is 5.26. The monoisotopic (exact) mass is 286 g/mol. The zero-order valence-electron chi connectivity index (χ0n) is 10.4. The summed E-state index contributed by atoms with van der Waals surface area (Å²) in [4.78, 5) is 4.25. The summed E-state index contributed by atoms with van der Waals surface area (Å²) in [6.07, 6.45) is 3.37. The van der Waals surface area contributed by atoms with E-state index in [9.17, 15) is 4.39 Å². The van der Waals surface area contributed by atoms with Gasteiger partial charge in [-0.3, -0.25) is 0 Å². The van der Waals surface area contributed by atoms with Gasteiger partial charge in [0.05, 0.1) is 18.1 Å². The summed E-state index contributed by atoms with van der Waals surface area (Å²) in [5.41, 5.74) is 8.40. The minimum absolute atomic E-state index is 0.274. The minimum Gasteiger partial charge on any atom is -0.368 e. The van der Waals surface area contributed by atoms with Crippen molar-refractivity contribution < 1.29 is 4.39 Å². The smallest absolute Gasteiger partial charge is 0.221 e. The maximum Gasteiger partial charge on any atom is 0.221 e. The van der Waals surface area contributed by atoms with E-state index < -0.39 is 0 Å². The van der Waals surface area contributed by atoms with Gasteiger partial charge in [0, 0.05) is 10.9 Å². The van der Waals surface area contributed by atoms with Crippen LogP contribution in [0.15, 0.2) is 52.4 Å². The highest BCUT2D eigenvalue weighted by Crippen LogP contribution is 2.22. The van der Waals surface area contributed by atoms with E-state index in [1.54, 1.807) is 35.9 Å². The average Bonchev–Trinajstić information content (AvgIpc) is 3.08. The summed E-state index contributed by atoms with van der Waals surface area (Å²) < 4.78 is 14.3. The number of hydrogen-bond acceptors (Lipinski definition) is 4. The second-order valence-corrected chi connectivity index (χ2v) is 4.92. The van der Waals surface area contributed by atoms with Crippen molar-refractivity contribution in [3.63, 3.8) is 0 Å². The fourth-order valence-corrected chi connectivity index (χ4v) is 2.35. The van der Waals surface area contributed by atoms with Gasteiger partial charge in [-0.05, 0) is 29.1 Å². The van der Waals surface area contributed by atoms with E-state index >= 15 is 0 Å². The van der Waals surface area contributed by atoms with E-state index in [0.717, 1.165) is 16.8 Å². The molecule has 0 radical (unpaired) electrons. The molecule has 0 spiro atoms. The number of thiophene rings is 1. The van der Waals surface area contributed by atoms with Crippen LogP contribution in [0.1, 0.15) is 5.56 Å². The zero-order chi connectivity index (χ0) is 13.9. The number of imidazole rings is 1. The predicted octanol–water partition coefficient (Wildman–Crippen LogP) is 3.22. The maximum absolute atomic E-state index is 12.8. The number of nitrogens with zero attached hydrogens (tertiary/aromatic N) is 3. The molecule has 6 heteroatoms. The molecule has 2 aromatic heterocycles. The quantitative estimate of drug-likeness (QED) is 0.752. The normalized spacial score (nSPS) is 11.2. The largest absolute Gasteiger partial charge is 0.368 e. The topological polar surface area (TPSA) is 56.2 Å². The summed E-state index contributed by atoms with van der Waals surface area (Å²) in [5, 5.41) is 8.20. The summed E-state index contributed by atoms with van der Waals surface area (Å²) in [6.45, 7) is 0. The molecule has 4 nitrogen and oxygen atoms in total. The number of nitrogens with two attached hydrogens (primary N) is 1. The van der Waals surface area contributed by atoms with Crippen molar-refractivity contribution in [2.75, 3.05) is 5.73 Å². The van der Waals surface area contributed by atoms with Crippen LogP contribution >= 0.6 is 11.3 Å². The van der Waals surface area contributed by atoms with Gasteiger partial charge in [-0.2, -0.15) is 16.4 Å². The third kappa shape index (κ3) is 2.60. The number of nitrogen functional groups attached to an aromatic ring is 1. The van der Waals surface area contributed by atoms with Crippen LogP contribution in [0.2, 0.25) is 0 Å². The lowest BCUT2D eigenvalue weighted by atomic mass is 10.2. The molecule has 1 aromatic carbocycles. The number of aromatic nitrogens is 2. The lowest BCUT2D eigenvalue weighted by Gasteiger charge is -1.95. The first kappa shape index (κ1) is 12.6. The van der Waals surface area contributed by atoms with Crippen LogP contribution in [-0.2, 0) is 0 Å². The molecule has 3 rings (SSSR count). The minimum atomic E-state index is -0.274. The Balaban J connectivity index is 1.86. The first-order valence-electron chi connectivity index (χ1n) is 5.90. The highest BCUT2D eigenvalue weighted by atomic mass is 32.1. The number of rotatable bonds is 3. The van der Waals surface area contributed by atoms with Gasteiger partial charge in [0.2, 0.25) is 5.95 Å². The molecule has 0 fully saturated rings. The molecule has 2 N–H and O–H groups in total. The van der Waals surface area contributed by atoms with Crippen molar-refractivity contribution in [2.45, 2.75) is 0 Å². The molecular formula is C14H11FN4S. The molecule has 0 aliphatic heterocycles. The summed E-state index contributed by atoms with van der Waals surface area (Å²) in [5.74, 6) is 0.0357. The van der Waals surface area contributed by atoms with Gasteiger partial charge in [0.15, 0.2) is 0 Å².